The summed E-state index contributed by atoms with van der Waals surface area (Å²) in [5.74, 6) is -1.64. The van der Waals surface area contributed by atoms with Crippen LogP contribution in [0.1, 0.15) is 58.6 Å². The quantitative estimate of drug-likeness (QED) is 0.332. The van der Waals surface area contributed by atoms with Gasteiger partial charge in [-0.2, -0.15) is 0 Å². The van der Waals surface area contributed by atoms with Gasteiger partial charge < -0.3 is 16.2 Å². The number of aliphatic hydroxyl groups is 1. The maximum absolute atomic E-state index is 11.9. The number of carbonyl (C=O) groups is 3. The van der Waals surface area contributed by atoms with Gasteiger partial charge in [-0.15, -0.1) is 5.10 Å². The van der Waals surface area contributed by atoms with Gasteiger partial charge in [-0.1, -0.05) is 11.6 Å². The van der Waals surface area contributed by atoms with Gasteiger partial charge in [0.05, 0.1) is 17.2 Å². The van der Waals surface area contributed by atoms with E-state index in [1.54, 1.807) is 10.9 Å². The second-order valence-electron chi connectivity index (χ2n) is 7.35. The molecule has 0 spiro atoms. The van der Waals surface area contributed by atoms with Crippen LogP contribution in [0.15, 0.2) is 6.20 Å². The summed E-state index contributed by atoms with van der Waals surface area (Å²) in [6.45, 7) is 5.83. The number of nitrogens with one attached hydrogen (secondary N) is 1. The zero-order valence-electron chi connectivity index (χ0n) is 16.4. The standard InChI is InChI=1S/C18H31N5O4/c1-13(25)15(17(19)27)6-4-5-10-20-16(26)8-7-14-12-23(22-21-14)18(2,3)9-11-24/h12,15,24H,4-11H2,1-3H3,(H2,19,27)(H,20,26). The van der Waals surface area contributed by atoms with Crippen molar-refractivity contribution in [3.63, 3.8) is 0 Å². The maximum Gasteiger partial charge on any atom is 0.227 e. The molecule has 0 saturated carbocycles. The predicted octanol–water partition coefficient (Wildman–Crippen LogP) is 0.305. The van der Waals surface area contributed by atoms with Crippen LogP contribution in [0.3, 0.4) is 0 Å². The molecule has 1 unspecified atom stereocenters. The molecular formula is C18H31N5O4. The van der Waals surface area contributed by atoms with Gasteiger partial charge >= 0.3 is 0 Å². The lowest BCUT2D eigenvalue weighted by atomic mass is 9.97. The molecule has 4 N–H and O–H groups in total. The van der Waals surface area contributed by atoms with Crippen molar-refractivity contribution in [1.29, 1.82) is 0 Å². The summed E-state index contributed by atoms with van der Waals surface area (Å²) in [6, 6.07) is 0. The Hall–Kier alpha value is -2.29. The van der Waals surface area contributed by atoms with E-state index in [0.29, 0.717) is 45.1 Å². The van der Waals surface area contributed by atoms with E-state index in [1.807, 2.05) is 13.8 Å². The first kappa shape index (κ1) is 22.8. The average Bonchev–Trinajstić information content (AvgIpc) is 3.05. The van der Waals surface area contributed by atoms with Crippen molar-refractivity contribution in [3.05, 3.63) is 11.9 Å². The topological polar surface area (TPSA) is 140 Å². The molecule has 152 valence electrons. The van der Waals surface area contributed by atoms with E-state index in [4.69, 9.17) is 10.8 Å². The number of aliphatic hydroxyl groups excluding tert-OH is 1. The van der Waals surface area contributed by atoms with Crippen LogP contribution in [0.2, 0.25) is 0 Å². The number of carbonyl (C=O) groups excluding carboxylic acids is 3. The number of aromatic nitrogens is 3. The molecule has 0 aliphatic rings. The molecule has 0 fully saturated rings. The molecule has 0 bridgehead atoms. The van der Waals surface area contributed by atoms with Crippen LogP contribution in [0, 0.1) is 5.92 Å². The van der Waals surface area contributed by atoms with E-state index in [0.717, 1.165) is 5.69 Å². The Balaban J connectivity index is 2.27. The number of amides is 2. The normalized spacial score (nSPS) is 12.6. The van der Waals surface area contributed by atoms with Gasteiger partial charge in [-0.25, -0.2) is 4.68 Å². The van der Waals surface area contributed by atoms with Crippen LogP contribution in [0.4, 0.5) is 0 Å². The molecule has 0 aliphatic heterocycles. The average molecular weight is 381 g/mol. The SMILES string of the molecule is CC(=O)C(CCCCNC(=O)CCc1cn(C(C)(C)CCO)nn1)C(N)=O. The van der Waals surface area contributed by atoms with Crippen molar-refractivity contribution in [2.24, 2.45) is 11.7 Å². The van der Waals surface area contributed by atoms with E-state index >= 15 is 0 Å². The van der Waals surface area contributed by atoms with E-state index < -0.39 is 11.8 Å². The highest BCUT2D eigenvalue weighted by atomic mass is 16.3. The summed E-state index contributed by atoms with van der Waals surface area (Å²) in [7, 11) is 0. The number of hydrogen-bond donors (Lipinski definition) is 3. The van der Waals surface area contributed by atoms with Crippen LogP contribution in [-0.2, 0) is 26.3 Å². The van der Waals surface area contributed by atoms with E-state index in [1.165, 1.54) is 6.92 Å². The second kappa shape index (κ2) is 10.8. The van der Waals surface area contributed by atoms with Crippen LogP contribution in [-0.4, -0.2) is 50.8 Å². The Bertz CT molecular complexity index is 627. The third-order valence-electron chi connectivity index (χ3n) is 4.57. The predicted molar refractivity (Wildman–Crippen MR) is 99.6 cm³/mol. The summed E-state index contributed by atoms with van der Waals surface area (Å²) in [5, 5.41) is 20.1. The van der Waals surface area contributed by atoms with E-state index in [-0.39, 0.29) is 23.8 Å². The number of ketones is 1. The number of Topliss-reactive ketones (excluding diaryl/α,β-unsaturated/α-hetero) is 1. The third-order valence-corrected chi connectivity index (χ3v) is 4.57. The Morgan fingerprint density at radius 1 is 1.33 bits per heavy atom. The van der Waals surface area contributed by atoms with Crippen LogP contribution in [0.25, 0.3) is 0 Å². The first-order valence-corrected chi connectivity index (χ1v) is 9.26. The molecule has 2 amide bonds. The molecule has 0 saturated heterocycles. The molecule has 27 heavy (non-hydrogen) atoms. The lowest BCUT2D eigenvalue weighted by Crippen LogP contribution is -2.29. The smallest absolute Gasteiger partial charge is 0.227 e. The Morgan fingerprint density at radius 3 is 2.63 bits per heavy atom. The zero-order valence-corrected chi connectivity index (χ0v) is 16.4. The van der Waals surface area contributed by atoms with Gasteiger partial charge in [0.1, 0.15) is 5.78 Å². The van der Waals surface area contributed by atoms with Gasteiger partial charge in [0.2, 0.25) is 11.8 Å². The molecule has 1 heterocycles. The highest BCUT2D eigenvalue weighted by molar-refractivity contribution is 5.99. The van der Waals surface area contributed by atoms with Crippen molar-refractivity contribution >= 4 is 17.6 Å². The van der Waals surface area contributed by atoms with E-state index in [2.05, 4.69) is 15.6 Å². The van der Waals surface area contributed by atoms with Gasteiger partial charge in [0, 0.05) is 32.2 Å². The van der Waals surface area contributed by atoms with Crippen molar-refractivity contribution in [2.75, 3.05) is 13.2 Å². The van der Waals surface area contributed by atoms with Gasteiger partial charge in [0.15, 0.2) is 0 Å². The number of rotatable bonds is 13. The number of nitrogens with two attached hydrogens (primary N) is 1. The Labute approximate surface area is 159 Å². The molecular weight excluding hydrogens is 350 g/mol. The molecule has 1 aromatic heterocycles. The minimum Gasteiger partial charge on any atom is -0.396 e. The molecule has 0 aliphatic carbocycles. The van der Waals surface area contributed by atoms with Crippen LogP contribution in [0.5, 0.6) is 0 Å². The van der Waals surface area contributed by atoms with Crippen molar-refractivity contribution in [1.82, 2.24) is 20.3 Å². The third kappa shape index (κ3) is 7.86. The molecule has 0 radical (unpaired) electrons. The molecule has 9 nitrogen and oxygen atoms in total. The number of unbranched alkanes of at least 4 members (excludes halogenated alkanes) is 1. The Morgan fingerprint density at radius 2 is 2.04 bits per heavy atom. The summed E-state index contributed by atoms with van der Waals surface area (Å²) < 4.78 is 1.71. The minimum absolute atomic E-state index is 0.0667. The van der Waals surface area contributed by atoms with Crippen LogP contribution >= 0.6 is 0 Å². The van der Waals surface area contributed by atoms with Gasteiger partial charge in [-0.3, -0.25) is 14.4 Å². The Kier molecular flexibility index (Phi) is 9.07. The number of primary amides is 1. The van der Waals surface area contributed by atoms with Gasteiger partial charge in [-0.05, 0) is 40.0 Å². The lowest BCUT2D eigenvalue weighted by molar-refractivity contribution is -0.131. The molecule has 1 rings (SSSR count). The zero-order chi connectivity index (χ0) is 20.4. The second-order valence-corrected chi connectivity index (χ2v) is 7.35. The minimum atomic E-state index is -0.738. The molecule has 9 heteroatoms. The number of hydrogen-bond acceptors (Lipinski definition) is 6. The van der Waals surface area contributed by atoms with E-state index in [9.17, 15) is 14.4 Å². The number of nitrogens with zero attached hydrogens (tertiary/aromatic N) is 3. The fraction of sp³-hybridized carbons (Fsp3) is 0.722. The van der Waals surface area contributed by atoms with Crippen molar-refractivity contribution in [3.8, 4) is 0 Å². The fourth-order valence-electron chi connectivity index (χ4n) is 2.67. The van der Waals surface area contributed by atoms with Gasteiger partial charge in [0.25, 0.3) is 0 Å². The highest BCUT2D eigenvalue weighted by Crippen LogP contribution is 2.18. The summed E-state index contributed by atoms with van der Waals surface area (Å²) in [6.07, 6.45) is 4.88. The molecule has 1 aromatic rings. The summed E-state index contributed by atoms with van der Waals surface area (Å²) in [4.78, 5) is 34.3. The monoisotopic (exact) mass is 381 g/mol. The number of aryl methyl sites for hydroxylation is 1. The summed E-state index contributed by atoms with van der Waals surface area (Å²) >= 11 is 0. The molecule has 0 aromatic carbocycles. The lowest BCUT2D eigenvalue weighted by Gasteiger charge is -2.23. The maximum atomic E-state index is 11.9. The van der Waals surface area contributed by atoms with Crippen molar-refractivity contribution < 1.29 is 19.5 Å². The first-order chi connectivity index (χ1) is 12.7. The first-order valence-electron chi connectivity index (χ1n) is 9.26. The van der Waals surface area contributed by atoms with Crippen molar-refractivity contribution in [2.45, 2.75) is 64.8 Å². The molecule has 1 atom stereocenters. The van der Waals surface area contributed by atoms with Crippen LogP contribution < -0.4 is 11.1 Å². The summed E-state index contributed by atoms with van der Waals surface area (Å²) in [5.41, 5.74) is 5.58. The highest BCUT2D eigenvalue weighted by Gasteiger charge is 2.21. The largest absolute Gasteiger partial charge is 0.396 e. The fourth-order valence-corrected chi connectivity index (χ4v) is 2.67.